The van der Waals surface area contributed by atoms with Gasteiger partial charge in [0, 0.05) is 17.7 Å². The van der Waals surface area contributed by atoms with Crippen LogP contribution < -0.4 is 25.7 Å². The fourth-order valence-corrected chi connectivity index (χ4v) is 10.5. The third-order valence-electron chi connectivity index (χ3n) is 14.2. The van der Waals surface area contributed by atoms with Crippen LogP contribution in [-0.4, -0.2) is 54.5 Å². The van der Waals surface area contributed by atoms with Gasteiger partial charge in [0.15, 0.2) is 5.78 Å². The number of hydrogen-bond acceptors (Lipinski definition) is 6. The van der Waals surface area contributed by atoms with E-state index in [9.17, 15) is 14.4 Å². The fraction of sp³-hybridized carbons (Fsp3) is 0.545. The minimum atomic E-state index is -1.23. The molecule has 0 spiro atoms. The Kier molecular flexibility index (Phi) is 19.2. The molecule has 3 aromatic heterocycles. The number of ether oxygens (including phenoxy) is 2. The van der Waals surface area contributed by atoms with Gasteiger partial charge in [-0.3, -0.25) is 14.4 Å². The maximum absolute atomic E-state index is 14.4. The van der Waals surface area contributed by atoms with Gasteiger partial charge in [0.2, 0.25) is 0 Å². The van der Waals surface area contributed by atoms with Gasteiger partial charge in [-0.25, -0.2) is 0 Å². The summed E-state index contributed by atoms with van der Waals surface area (Å²) in [5, 5.41) is 6.77. The van der Waals surface area contributed by atoms with E-state index in [1.54, 1.807) is 0 Å². The van der Waals surface area contributed by atoms with Crippen molar-refractivity contribution in [2.24, 2.45) is 35.5 Å². The third-order valence-corrected chi connectivity index (χ3v) is 14.5. The molecule has 0 saturated carbocycles. The molecule has 8 bridgehead atoms. The SMILES string of the molecule is C=Cc1c2[n-]c(c1C)/C=C1\[N-]/C(=C3\c4[n-]c(c(C)c4C(=O)[C@@H]3C(=O)OC)/C=c3\[n-]/c(c(CS)c3CC)=C\2)[C@@H](CCC(=O)OC/C=C(\C)CCC[C@H](C)CCC[C@H](C)CCCC(C)C)[C@@H]1C.[Mg+2]. The summed E-state index contributed by atoms with van der Waals surface area (Å²) in [5.41, 5.74) is 10.5. The van der Waals surface area contributed by atoms with Gasteiger partial charge in [-0.05, 0) is 87.7 Å². The molecule has 6 rings (SSSR count). The van der Waals surface area contributed by atoms with E-state index in [4.69, 9.17) is 42.4 Å². The molecule has 0 radical (unpaired) electrons. The minimum absolute atomic E-state index is 0. The van der Waals surface area contributed by atoms with E-state index in [0.717, 1.165) is 74.7 Å². The van der Waals surface area contributed by atoms with E-state index in [-0.39, 0.29) is 59.7 Å². The van der Waals surface area contributed by atoms with Gasteiger partial charge < -0.3 is 29.7 Å². The number of ketones is 1. The molecule has 9 nitrogen and oxygen atoms in total. The van der Waals surface area contributed by atoms with Crippen LogP contribution in [0.4, 0.5) is 0 Å². The van der Waals surface area contributed by atoms with Crippen molar-refractivity contribution >= 4 is 83.3 Å². The Morgan fingerprint density at radius 1 is 0.864 bits per heavy atom. The van der Waals surface area contributed by atoms with E-state index < -0.39 is 11.9 Å². The summed E-state index contributed by atoms with van der Waals surface area (Å²) in [6.45, 7) is 23.9. The molecule has 1 aliphatic carbocycles. The average Bonchev–Trinajstić information content (AvgIpc) is 4.02. The largest absolute Gasteiger partial charge is 2.00 e. The van der Waals surface area contributed by atoms with Crippen LogP contribution in [0.5, 0.6) is 0 Å². The Labute approximate surface area is 415 Å². The predicted octanol–water partition coefficient (Wildman–Crippen LogP) is 10.5. The summed E-state index contributed by atoms with van der Waals surface area (Å²) in [6, 6.07) is 0. The average molecular weight is 926 g/mol. The smallest absolute Gasteiger partial charge is 0.664 e. The van der Waals surface area contributed by atoms with Crippen LogP contribution in [0.15, 0.2) is 29.6 Å². The van der Waals surface area contributed by atoms with Crippen LogP contribution in [0.1, 0.15) is 180 Å². The molecule has 0 amide bonds. The Morgan fingerprint density at radius 2 is 1.50 bits per heavy atom. The number of esters is 2. The maximum Gasteiger partial charge on any atom is 2.00 e. The number of carbonyl (C=O) groups is 3. The summed E-state index contributed by atoms with van der Waals surface area (Å²) < 4.78 is 11.1. The number of methoxy groups -OCH3 is 1. The van der Waals surface area contributed by atoms with Crippen LogP contribution in [0.3, 0.4) is 0 Å². The Morgan fingerprint density at radius 3 is 2.14 bits per heavy atom. The van der Waals surface area contributed by atoms with E-state index in [1.165, 1.54) is 57.6 Å². The van der Waals surface area contributed by atoms with Crippen molar-refractivity contribution < 1.29 is 23.9 Å². The monoisotopic (exact) mass is 925 g/mol. The normalized spacial score (nSPS) is 21.5. The molecule has 0 N–H and O–H groups in total. The van der Waals surface area contributed by atoms with Crippen LogP contribution in [0.2, 0.25) is 0 Å². The van der Waals surface area contributed by atoms with Crippen molar-refractivity contribution in [3.8, 4) is 0 Å². The quantitative estimate of drug-likeness (QED) is 0.0368. The van der Waals surface area contributed by atoms with Gasteiger partial charge in [0.25, 0.3) is 0 Å². The second kappa shape index (κ2) is 23.9. The molecule has 11 heteroatoms. The molecule has 1 fully saturated rings. The van der Waals surface area contributed by atoms with Crippen molar-refractivity contribution in [1.29, 1.82) is 0 Å². The second-order valence-corrected chi connectivity index (χ2v) is 19.8. The van der Waals surface area contributed by atoms with Gasteiger partial charge >= 0.3 is 35.0 Å². The van der Waals surface area contributed by atoms with Gasteiger partial charge in [-0.2, -0.15) is 24.0 Å². The summed E-state index contributed by atoms with van der Waals surface area (Å²) in [4.78, 5) is 56.7. The number of hydrogen-bond donors (Lipinski definition) is 1. The molecule has 5 heterocycles. The number of Topliss-reactive ketones (excluding diaryl/α,β-unsaturated/α-hetero) is 1. The zero-order chi connectivity index (χ0) is 47.1. The Balaban J connectivity index is 0.00000817. The standard InChI is InChI=1S/C55H73N4O5S.Mg/c1-12-38-35(8)42-27-43-36(9)40(23-24-48(60)64-26-25-34(7)22-16-21-33(6)20-15-19-32(5)18-14-17-31(3)4)52(58-43)50-51(55(62)63-11)54(61)49-37(10)44(59-53(49)50)28-46-39(13-2)41(30-65)47(57-46)29-45(38)56-42;/h12,25,27-29,31-33,36,40,51H,1,13-24,26,30H2,2-11H3,(H2-,58,59,61,65);/q-3;+2/p-1/b34-25+,43-27-,46-28-,47-29-;/t32-,33-,36+,40+,51-;/m1./s1. The number of fused-ring (bicyclic) bond motifs is 7. The molecular weight excluding hydrogens is 853 g/mol. The van der Waals surface area contributed by atoms with Crippen molar-refractivity contribution in [3.63, 3.8) is 0 Å². The minimum Gasteiger partial charge on any atom is -0.664 e. The summed E-state index contributed by atoms with van der Waals surface area (Å²) in [5.74, 6) is -0.286. The first-order valence-electron chi connectivity index (χ1n) is 24.2. The molecule has 3 aromatic rings. The molecular formula is C55H72MgN4O5S-2. The number of nitrogens with zero attached hydrogens (tertiary/aromatic N) is 4. The molecule has 5 atom stereocenters. The fourth-order valence-electron chi connectivity index (χ4n) is 10.1. The zero-order valence-electron chi connectivity index (χ0n) is 41.4. The topological polar surface area (TPSA) is 126 Å². The van der Waals surface area contributed by atoms with E-state index in [2.05, 4.69) is 55.0 Å². The van der Waals surface area contributed by atoms with Gasteiger partial charge in [0.05, 0.1) is 7.11 Å². The Bertz CT molecular complexity index is 2480. The van der Waals surface area contributed by atoms with Crippen LogP contribution >= 0.6 is 12.6 Å². The number of rotatable bonds is 21. The van der Waals surface area contributed by atoms with E-state index in [0.29, 0.717) is 58.3 Å². The first kappa shape index (κ1) is 53.0. The molecule has 66 heavy (non-hydrogen) atoms. The van der Waals surface area contributed by atoms with E-state index >= 15 is 0 Å². The summed E-state index contributed by atoms with van der Waals surface area (Å²) in [7, 11) is 1.29. The van der Waals surface area contributed by atoms with Crippen molar-refractivity contribution in [3.05, 3.63) is 102 Å². The molecule has 2 aliphatic heterocycles. The number of thiol groups is 1. The molecule has 3 aliphatic rings. The van der Waals surface area contributed by atoms with Crippen molar-refractivity contribution in [1.82, 2.24) is 15.0 Å². The number of aromatic nitrogens is 3. The molecule has 1 saturated heterocycles. The molecule has 0 unspecified atom stereocenters. The molecule has 352 valence electrons. The first-order valence-corrected chi connectivity index (χ1v) is 24.8. The van der Waals surface area contributed by atoms with Gasteiger partial charge in [-0.1, -0.05) is 151 Å². The molecule has 0 aromatic carbocycles. The summed E-state index contributed by atoms with van der Waals surface area (Å²) in [6.07, 6.45) is 22.3. The zero-order valence-corrected chi connectivity index (χ0v) is 43.8. The van der Waals surface area contributed by atoms with Gasteiger partial charge in [0.1, 0.15) is 12.5 Å². The Hall–Kier alpha value is -3.93. The van der Waals surface area contributed by atoms with Crippen LogP contribution in [0, 0.1) is 49.4 Å². The van der Waals surface area contributed by atoms with E-state index in [1.807, 2.05) is 44.2 Å². The number of carbonyl (C=O) groups excluding carboxylic acids is 3. The first-order chi connectivity index (χ1) is 31.1. The maximum atomic E-state index is 14.4. The predicted molar refractivity (Wildman–Crippen MR) is 272 cm³/mol. The number of allylic oxidation sites excluding steroid dienone is 3. The van der Waals surface area contributed by atoms with Gasteiger partial charge in [-0.15, -0.1) is 33.5 Å². The van der Waals surface area contributed by atoms with Crippen LogP contribution in [0.25, 0.3) is 35.2 Å². The third kappa shape index (κ3) is 11.8. The van der Waals surface area contributed by atoms with Crippen molar-refractivity contribution in [2.45, 2.75) is 145 Å². The van der Waals surface area contributed by atoms with Crippen LogP contribution in [-0.2, 0) is 31.2 Å². The second-order valence-electron chi connectivity index (χ2n) is 19.4. The van der Waals surface area contributed by atoms with Crippen molar-refractivity contribution in [2.75, 3.05) is 13.7 Å². The summed E-state index contributed by atoms with van der Waals surface area (Å²) >= 11 is 4.71.